The number of hydrogen-bond acceptors (Lipinski definition) is 4. The normalized spacial score (nSPS) is 19.8. The van der Waals surface area contributed by atoms with Crippen molar-refractivity contribution in [1.82, 2.24) is 5.32 Å². The number of dihydropyridines is 1. The lowest BCUT2D eigenvalue weighted by atomic mass is 9.95. The van der Waals surface area contributed by atoms with Gasteiger partial charge in [0.2, 0.25) is 0 Å². The maximum Gasteiger partial charge on any atom is 0.324 e. The maximum atomic E-state index is 12.0. The predicted octanol–water partition coefficient (Wildman–Crippen LogP) is 2.57. The van der Waals surface area contributed by atoms with E-state index in [2.05, 4.69) is 25.8 Å². The average Bonchev–Trinajstić information content (AvgIpc) is 2.82. The molecule has 0 spiro atoms. The second-order valence-electron chi connectivity index (χ2n) is 4.96. The van der Waals surface area contributed by atoms with Gasteiger partial charge in [-0.25, -0.2) is 9.79 Å². The van der Waals surface area contributed by atoms with Crippen molar-refractivity contribution in [3.8, 4) is 0 Å². The second kappa shape index (κ2) is 5.32. The number of amides is 2. The second-order valence-corrected chi connectivity index (χ2v) is 4.96. The van der Waals surface area contributed by atoms with E-state index in [0.717, 1.165) is 17.0 Å². The minimum absolute atomic E-state index is 0.157. The summed E-state index contributed by atoms with van der Waals surface area (Å²) < 4.78 is 0. The molecule has 2 aliphatic heterocycles. The molecule has 1 aromatic rings. The molecule has 6 nitrogen and oxygen atoms in total. The third kappa shape index (κ3) is 2.74. The number of anilines is 1. The van der Waals surface area contributed by atoms with E-state index in [-0.39, 0.29) is 11.9 Å². The van der Waals surface area contributed by atoms with Gasteiger partial charge in [-0.15, -0.1) is 10.2 Å². The zero-order valence-electron chi connectivity index (χ0n) is 11.8. The SMILES string of the molecule is CC1=CC(C)=NC2=NN=C(NC(=O)Nc3ccccc3)C12. The molecule has 0 bridgehead atoms. The first-order valence-electron chi connectivity index (χ1n) is 6.65. The van der Waals surface area contributed by atoms with Crippen molar-refractivity contribution in [2.45, 2.75) is 13.8 Å². The summed E-state index contributed by atoms with van der Waals surface area (Å²) in [5.74, 6) is 0.973. The molecule has 106 valence electrons. The van der Waals surface area contributed by atoms with Crippen molar-refractivity contribution in [3.05, 3.63) is 42.0 Å². The van der Waals surface area contributed by atoms with Crippen LogP contribution in [0.25, 0.3) is 0 Å². The summed E-state index contributed by atoms with van der Waals surface area (Å²) in [7, 11) is 0. The van der Waals surface area contributed by atoms with Crippen LogP contribution in [0.3, 0.4) is 0 Å². The first-order chi connectivity index (χ1) is 10.1. The Morgan fingerprint density at radius 1 is 1.10 bits per heavy atom. The fraction of sp³-hybridized carbons (Fsp3) is 0.200. The number of benzene rings is 1. The van der Waals surface area contributed by atoms with Crippen molar-refractivity contribution in [2.24, 2.45) is 21.1 Å². The van der Waals surface area contributed by atoms with Gasteiger partial charge in [0.15, 0.2) is 5.84 Å². The fourth-order valence-corrected chi connectivity index (χ4v) is 2.37. The highest BCUT2D eigenvalue weighted by atomic mass is 16.2. The summed E-state index contributed by atoms with van der Waals surface area (Å²) in [6, 6.07) is 8.90. The number of nitrogens with one attached hydrogen (secondary N) is 2. The lowest BCUT2D eigenvalue weighted by molar-refractivity contribution is 0.256. The monoisotopic (exact) mass is 281 g/mol. The number of fused-ring (bicyclic) bond motifs is 1. The lowest BCUT2D eigenvalue weighted by Crippen LogP contribution is -2.40. The number of amidine groups is 2. The van der Waals surface area contributed by atoms with Crippen molar-refractivity contribution in [2.75, 3.05) is 5.32 Å². The number of para-hydroxylation sites is 1. The Morgan fingerprint density at radius 3 is 2.62 bits per heavy atom. The first kappa shape index (κ1) is 13.2. The molecule has 21 heavy (non-hydrogen) atoms. The van der Waals surface area contributed by atoms with Crippen LogP contribution in [0.5, 0.6) is 0 Å². The highest BCUT2D eigenvalue weighted by Crippen LogP contribution is 2.23. The molecule has 1 unspecified atom stereocenters. The number of nitrogens with zero attached hydrogens (tertiary/aromatic N) is 3. The van der Waals surface area contributed by atoms with E-state index in [9.17, 15) is 4.79 Å². The van der Waals surface area contributed by atoms with Crippen LogP contribution in [0, 0.1) is 5.92 Å². The Morgan fingerprint density at radius 2 is 1.86 bits per heavy atom. The molecule has 0 radical (unpaired) electrons. The molecule has 0 saturated carbocycles. The van der Waals surface area contributed by atoms with E-state index in [4.69, 9.17) is 0 Å². The lowest BCUT2D eigenvalue weighted by Gasteiger charge is -2.18. The van der Waals surface area contributed by atoms with Crippen molar-refractivity contribution in [3.63, 3.8) is 0 Å². The van der Waals surface area contributed by atoms with Crippen LogP contribution >= 0.6 is 0 Å². The number of hydrogen-bond donors (Lipinski definition) is 2. The van der Waals surface area contributed by atoms with Gasteiger partial charge in [0, 0.05) is 11.4 Å². The molecule has 0 saturated heterocycles. The maximum absolute atomic E-state index is 12.0. The summed E-state index contributed by atoms with van der Waals surface area (Å²) >= 11 is 0. The predicted molar refractivity (Wildman–Crippen MR) is 83.8 cm³/mol. The quantitative estimate of drug-likeness (QED) is 0.815. The van der Waals surface area contributed by atoms with Gasteiger partial charge in [-0.1, -0.05) is 23.8 Å². The largest absolute Gasteiger partial charge is 0.324 e. The summed E-state index contributed by atoms with van der Waals surface area (Å²) in [5.41, 5.74) is 2.68. The minimum atomic E-state index is -0.338. The third-order valence-electron chi connectivity index (χ3n) is 3.25. The number of allylic oxidation sites excluding steroid dienone is 1. The Bertz CT molecular complexity index is 700. The molecular formula is C15H15N5O. The van der Waals surface area contributed by atoms with Crippen LogP contribution in [-0.4, -0.2) is 23.4 Å². The van der Waals surface area contributed by atoms with Crippen molar-refractivity contribution < 1.29 is 4.79 Å². The van der Waals surface area contributed by atoms with Gasteiger partial charge in [0.1, 0.15) is 11.8 Å². The van der Waals surface area contributed by atoms with Crippen LogP contribution in [0.1, 0.15) is 13.8 Å². The van der Waals surface area contributed by atoms with Gasteiger partial charge in [-0.3, -0.25) is 5.32 Å². The van der Waals surface area contributed by atoms with Crippen LogP contribution in [-0.2, 0) is 0 Å². The molecule has 1 aromatic carbocycles. The number of carbonyl (C=O) groups is 1. The summed E-state index contributed by atoms with van der Waals surface area (Å²) in [6.45, 7) is 3.89. The molecule has 0 aromatic heterocycles. The highest BCUT2D eigenvalue weighted by Gasteiger charge is 2.32. The Labute approximate surface area is 122 Å². The Kier molecular flexibility index (Phi) is 3.35. The fourth-order valence-electron chi connectivity index (χ4n) is 2.37. The van der Waals surface area contributed by atoms with Gasteiger partial charge in [0.25, 0.3) is 0 Å². The van der Waals surface area contributed by atoms with E-state index in [1.54, 1.807) is 0 Å². The first-order valence-corrected chi connectivity index (χ1v) is 6.65. The molecule has 2 N–H and O–H groups in total. The van der Waals surface area contributed by atoms with Crippen LogP contribution in [0.4, 0.5) is 10.5 Å². The van der Waals surface area contributed by atoms with Gasteiger partial charge in [-0.2, -0.15) is 0 Å². The van der Waals surface area contributed by atoms with Crippen molar-refractivity contribution >= 4 is 29.1 Å². The molecular weight excluding hydrogens is 266 g/mol. The van der Waals surface area contributed by atoms with E-state index in [0.29, 0.717) is 11.7 Å². The number of urea groups is 1. The zero-order chi connectivity index (χ0) is 14.8. The van der Waals surface area contributed by atoms with E-state index in [1.807, 2.05) is 50.3 Å². The Hall–Kier alpha value is -2.76. The van der Waals surface area contributed by atoms with Gasteiger partial charge in [-0.05, 0) is 32.1 Å². The highest BCUT2D eigenvalue weighted by molar-refractivity contribution is 6.21. The van der Waals surface area contributed by atoms with Crippen molar-refractivity contribution in [1.29, 1.82) is 0 Å². The van der Waals surface area contributed by atoms with Gasteiger partial charge < -0.3 is 5.32 Å². The van der Waals surface area contributed by atoms with E-state index >= 15 is 0 Å². The zero-order valence-corrected chi connectivity index (χ0v) is 11.8. The molecule has 6 heteroatoms. The van der Waals surface area contributed by atoms with E-state index in [1.165, 1.54) is 0 Å². The summed E-state index contributed by atoms with van der Waals surface area (Å²) in [5, 5.41) is 13.6. The summed E-state index contributed by atoms with van der Waals surface area (Å²) in [4.78, 5) is 16.3. The molecule has 2 amide bonds. The smallest absolute Gasteiger partial charge is 0.308 e. The number of rotatable bonds is 1. The molecule has 0 fully saturated rings. The standard InChI is InChI=1S/C15H15N5O/c1-9-8-10(2)16-13-12(9)14(20-19-13)18-15(21)17-11-6-4-3-5-7-11/h3-8,12H,1-2H3,(H2,17,18,20,21). The van der Waals surface area contributed by atoms with Gasteiger partial charge >= 0.3 is 6.03 Å². The average molecular weight is 281 g/mol. The summed E-state index contributed by atoms with van der Waals surface area (Å²) in [6.07, 6.45) is 1.97. The molecule has 3 rings (SSSR count). The van der Waals surface area contributed by atoms with Gasteiger partial charge in [0.05, 0.1) is 0 Å². The Balaban J connectivity index is 1.68. The molecule has 0 aliphatic carbocycles. The molecule has 2 aliphatic rings. The number of carbonyl (C=O) groups excluding carboxylic acids is 1. The molecule has 1 atom stereocenters. The van der Waals surface area contributed by atoms with Crippen LogP contribution in [0.2, 0.25) is 0 Å². The van der Waals surface area contributed by atoms with E-state index < -0.39 is 0 Å². The molecule has 2 heterocycles. The third-order valence-corrected chi connectivity index (χ3v) is 3.25. The minimum Gasteiger partial charge on any atom is -0.308 e. The van der Waals surface area contributed by atoms with Crippen LogP contribution in [0.15, 0.2) is 57.2 Å². The topological polar surface area (TPSA) is 78.2 Å². The van der Waals surface area contributed by atoms with Crippen LogP contribution < -0.4 is 10.6 Å². The number of aliphatic imine (C=N–C) groups is 1.